The van der Waals surface area contributed by atoms with Gasteiger partial charge in [-0.25, -0.2) is 0 Å². The lowest BCUT2D eigenvalue weighted by Crippen LogP contribution is -2.15. The number of ether oxygens (including phenoxy) is 1. The van der Waals surface area contributed by atoms with E-state index in [-0.39, 0.29) is 5.91 Å². The van der Waals surface area contributed by atoms with Gasteiger partial charge in [0.25, 0.3) is 5.91 Å². The minimum atomic E-state index is -0.171. The predicted molar refractivity (Wildman–Crippen MR) is 47.9 cm³/mol. The Morgan fingerprint density at radius 2 is 2.38 bits per heavy atom. The van der Waals surface area contributed by atoms with E-state index in [1.54, 1.807) is 12.3 Å². The van der Waals surface area contributed by atoms with Gasteiger partial charge in [0.2, 0.25) is 0 Å². The van der Waals surface area contributed by atoms with Crippen molar-refractivity contribution < 1.29 is 9.53 Å². The summed E-state index contributed by atoms with van der Waals surface area (Å²) in [6.45, 7) is 0. The van der Waals surface area contributed by atoms with E-state index >= 15 is 0 Å². The Hall–Kier alpha value is -1.84. The van der Waals surface area contributed by atoms with Gasteiger partial charge in [-0.05, 0) is 12.2 Å². The van der Waals surface area contributed by atoms with E-state index in [1.807, 2.05) is 6.08 Å². The first-order valence-electron chi connectivity index (χ1n) is 3.83. The predicted octanol–water partition coefficient (Wildman–Crippen LogP) is 0.499. The van der Waals surface area contributed by atoms with Crippen molar-refractivity contribution in [3.8, 4) is 0 Å². The molecular formula is C9H8N2O2. The molecule has 2 rings (SSSR count). The summed E-state index contributed by atoms with van der Waals surface area (Å²) in [7, 11) is 1.52. The summed E-state index contributed by atoms with van der Waals surface area (Å²) < 4.78 is 5.02. The van der Waals surface area contributed by atoms with Crippen LogP contribution in [0.3, 0.4) is 0 Å². The van der Waals surface area contributed by atoms with Crippen LogP contribution in [0.1, 0.15) is 0 Å². The van der Waals surface area contributed by atoms with E-state index in [0.717, 1.165) is 5.70 Å². The van der Waals surface area contributed by atoms with E-state index in [1.165, 1.54) is 13.2 Å². The van der Waals surface area contributed by atoms with Crippen molar-refractivity contribution in [2.75, 3.05) is 7.11 Å². The maximum Gasteiger partial charge on any atom is 0.252 e. The Bertz CT molecular complexity index is 361. The molecule has 0 bridgehead atoms. The summed E-state index contributed by atoms with van der Waals surface area (Å²) in [6.07, 6.45) is 6.69. The van der Waals surface area contributed by atoms with Crippen LogP contribution in [0.25, 0.3) is 0 Å². The van der Waals surface area contributed by atoms with Crippen LogP contribution in [0.2, 0.25) is 0 Å². The number of carbonyl (C=O) groups is 1. The van der Waals surface area contributed by atoms with Gasteiger partial charge < -0.3 is 10.1 Å². The van der Waals surface area contributed by atoms with Crippen LogP contribution in [0, 0.1) is 0 Å². The zero-order valence-electron chi connectivity index (χ0n) is 7.07. The van der Waals surface area contributed by atoms with Crippen molar-refractivity contribution in [2.45, 2.75) is 0 Å². The van der Waals surface area contributed by atoms with Crippen LogP contribution in [0.5, 0.6) is 0 Å². The number of carbonyl (C=O) groups excluding carboxylic acids is 1. The molecular weight excluding hydrogens is 168 g/mol. The smallest absolute Gasteiger partial charge is 0.252 e. The Balaban J connectivity index is 2.41. The normalized spacial score (nSPS) is 25.0. The van der Waals surface area contributed by atoms with Crippen molar-refractivity contribution in [1.29, 1.82) is 0 Å². The van der Waals surface area contributed by atoms with Crippen LogP contribution >= 0.6 is 0 Å². The molecule has 0 unspecified atom stereocenters. The average molecular weight is 176 g/mol. The number of rotatable bonds is 1. The second kappa shape index (κ2) is 2.90. The molecule has 0 atom stereocenters. The number of nitrogens with zero attached hydrogens (tertiary/aromatic N) is 1. The van der Waals surface area contributed by atoms with Crippen molar-refractivity contribution >= 4 is 12.1 Å². The zero-order valence-corrected chi connectivity index (χ0v) is 7.07. The molecule has 66 valence electrons. The molecule has 0 aliphatic carbocycles. The molecule has 0 fully saturated rings. The Kier molecular flexibility index (Phi) is 1.73. The molecule has 2 aliphatic heterocycles. The van der Waals surface area contributed by atoms with E-state index in [2.05, 4.69) is 10.3 Å². The summed E-state index contributed by atoms with van der Waals surface area (Å²) in [5, 5.41) is 2.65. The Morgan fingerprint density at radius 1 is 1.54 bits per heavy atom. The van der Waals surface area contributed by atoms with Gasteiger partial charge in [0.05, 0.1) is 12.8 Å². The Morgan fingerprint density at radius 3 is 3.00 bits per heavy atom. The first-order valence-corrected chi connectivity index (χ1v) is 3.83. The lowest BCUT2D eigenvalue weighted by atomic mass is 10.3. The second-order valence-corrected chi connectivity index (χ2v) is 2.60. The van der Waals surface area contributed by atoms with Gasteiger partial charge in [0, 0.05) is 12.3 Å². The fourth-order valence-electron chi connectivity index (χ4n) is 1.21. The number of methoxy groups -OCH3 is 1. The minimum absolute atomic E-state index is 0.171. The average Bonchev–Trinajstić information content (AvgIpc) is 2.71. The third-order valence-electron chi connectivity index (χ3n) is 1.79. The maximum atomic E-state index is 11.0. The number of nitrogens with one attached hydrogen (secondary N) is 1. The molecule has 0 aromatic heterocycles. The minimum Gasteiger partial charge on any atom is -0.494 e. The number of allylic oxidation sites excluding steroid dienone is 2. The SMILES string of the molecule is COC1=CC(=O)NC1=C1C=CC=N1. The summed E-state index contributed by atoms with van der Waals surface area (Å²) in [6, 6.07) is 0. The quantitative estimate of drug-likeness (QED) is 0.632. The standard InChI is InChI=1S/C9H8N2O2/c1-13-7-5-8(12)11-9(7)6-3-2-4-10-6/h2-5H,1H3,(H,11,12). The van der Waals surface area contributed by atoms with Gasteiger partial charge >= 0.3 is 0 Å². The molecule has 4 heteroatoms. The van der Waals surface area contributed by atoms with Crippen LogP contribution in [-0.2, 0) is 9.53 Å². The number of aliphatic imine (C=N–C) groups is 1. The van der Waals surface area contributed by atoms with Crippen LogP contribution in [0.4, 0.5) is 0 Å². The van der Waals surface area contributed by atoms with Crippen molar-refractivity contribution in [2.24, 2.45) is 4.99 Å². The number of hydrogen-bond acceptors (Lipinski definition) is 3. The fraction of sp³-hybridized carbons (Fsp3) is 0.111. The fourth-order valence-corrected chi connectivity index (χ4v) is 1.21. The molecule has 0 aromatic carbocycles. The highest BCUT2D eigenvalue weighted by molar-refractivity contribution is 5.94. The largest absolute Gasteiger partial charge is 0.494 e. The van der Waals surface area contributed by atoms with Gasteiger partial charge in [-0.15, -0.1) is 0 Å². The molecule has 0 radical (unpaired) electrons. The number of amides is 1. The third-order valence-corrected chi connectivity index (χ3v) is 1.79. The highest BCUT2D eigenvalue weighted by atomic mass is 16.5. The summed E-state index contributed by atoms with van der Waals surface area (Å²) >= 11 is 0. The summed E-state index contributed by atoms with van der Waals surface area (Å²) in [4.78, 5) is 15.1. The maximum absolute atomic E-state index is 11.0. The van der Waals surface area contributed by atoms with E-state index < -0.39 is 0 Å². The van der Waals surface area contributed by atoms with Crippen LogP contribution in [-0.4, -0.2) is 19.2 Å². The molecule has 1 N–H and O–H groups in total. The van der Waals surface area contributed by atoms with Gasteiger partial charge in [0.1, 0.15) is 11.5 Å². The molecule has 4 nitrogen and oxygen atoms in total. The van der Waals surface area contributed by atoms with Crippen molar-refractivity contribution in [1.82, 2.24) is 5.32 Å². The molecule has 0 spiro atoms. The summed E-state index contributed by atoms with van der Waals surface area (Å²) in [5.74, 6) is 0.360. The molecule has 0 saturated carbocycles. The highest BCUT2D eigenvalue weighted by Gasteiger charge is 2.21. The monoisotopic (exact) mass is 176 g/mol. The van der Waals surface area contributed by atoms with Crippen LogP contribution < -0.4 is 5.32 Å². The molecule has 2 aliphatic rings. The van der Waals surface area contributed by atoms with E-state index in [9.17, 15) is 4.79 Å². The van der Waals surface area contributed by atoms with Crippen molar-refractivity contribution in [3.63, 3.8) is 0 Å². The van der Waals surface area contributed by atoms with Gasteiger partial charge in [-0.2, -0.15) is 0 Å². The van der Waals surface area contributed by atoms with Gasteiger partial charge in [0.15, 0.2) is 0 Å². The highest BCUT2D eigenvalue weighted by Crippen LogP contribution is 2.20. The molecule has 0 saturated heterocycles. The van der Waals surface area contributed by atoms with Crippen LogP contribution in [0.15, 0.2) is 40.4 Å². The number of hydrogen-bond donors (Lipinski definition) is 1. The van der Waals surface area contributed by atoms with E-state index in [0.29, 0.717) is 11.5 Å². The van der Waals surface area contributed by atoms with Gasteiger partial charge in [-0.1, -0.05) is 0 Å². The van der Waals surface area contributed by atoms with Gasteiger partial charge in [-0.3, -0.25) is 9.79 Å². The lowest BCUT2D eigenvalue weighted by Gasteiger charge is -2.04. The summed E-state index contributed by atoms with van der Waals surface area (Å²) in [5.41, 5.74) is 1.36. The molecule has 0 aromatic rings. The molecule has 2 heterocycles. The Labute approximate surface area is 75.3 Å². The van der Waals surface area contributed by atoms with E-state index in [4.69, 9.17) is 4.74 Å². The third kappa shape index (κ3) is 1.26. The first kappa shape index (κ1) is 7.79. The second-order valence-electron chi connectivity index (χ2n) is 2.60. The lowest BCUT2D eigenvalue weighted by molar-refractivity contribution is -0.115. The van der Waals surface area contributed by atoms with Crippen molar-refractivity contribution in [3.05, 3.63) is 35.4 Å². The zero-order chi connectivity index (χ0) is 9.26. The molecule has 13 heavy (non-hydrogen) atoms. The topological polar surface area (TPSA) is 50.7 Å². The molecule has 1 amide bonds. The first-order chi connectivity index (χ1) is 6.31.